The maximum absolute atomic E-state index is 11.5. The molecule has 8 heteroatoms. The predicted octanol–water partition coefficient (Wildman–Crippen LogP) is 3.04. The van der Waals surface area contributed by atoms with Gasteiger partial charge in [-0.3, -0.25) is 0 Å². The number of halogens is 2. The molecular weight excluding hydrogens is 368 g/mol. The van der Waals surface area contributed by atoms with Gasteiger partial charge in [0.05, 0.1) is 12.9 Å². The summed E-state index contributed by atoms with van der Waals surface area (Å²) in [7, 11) is 1.55. The highest BCUT2D eigenvalue weighted by molar-refractivity contribution is 9.10. The molecule has 0 fully saturated rings. The Bertz CT molecular complexity index is 674. The average Bonchev–Trinajstić information content (AvgIpc) is 2.88. The number of aryl methyl sites for hydroxylation is 1. The predicted molar refractivity (Wildman–Crippen MR) is 79.5 cm³/mol. The Kier molecular flexibility index (Phi) is 5.06. The van der Waals surface area contributed by atoms with Crippen LogP contribution in [0.1, 0.15) is 6.42 Å². The summed E-state index contributed by atoms with van der Waals surface area (Å²) < 4.78 is 31.0. The third kappa shape index (κ3) is 4.22. The molecule has 0 spiro atoms. The normalized spacial score (nSPS) is 11.5. The molecule has 108 valence electrons. The van der Waals surface area contributed by atoms with Crippen molar-refractivity contribution in [2.45, 2.75) is 17.9 Å². The molecule has 1 heterocycles. The van der Waals surface area contributed by atoms with Crippen LogP contribution in [0.3, 0.4) is 0 Å². The van der Waals surface area contributed by atoms with Crippen molar-refractivity contribution in [3.05, 3.63) is 41.4 Å². The molecule has 0 saturated heterocycles. The van der Waals surface area contributed by atoms with Crippen molar-refractivity contribution in [3.63, 3.8) is 0 Å². The molecule has 0 aliphatic heterocycles. The van der Waals surface area contributed by atoms with E-state index in [1.165, 1.54) is 6.07 Å². The summed E-state index contributed by atoms with van der Waals surface area (Å²) in [6.07, 6.45) is 6.00. The Labute approximate surface area is 130 Å². The smallest absolute Gasteiger partial charge is 0.265 e. The molecule has 0 unspecified atom stereocenters. The van der Waals surface area contributed by atoms with Crippen molar-refractivity contribution in [1.29, 1.82) is 0 Å². The van der Waals surface area contributed by atoms with E-state index in [0.717, 1.165) is 13.0 Å². The van der Waals surface area contributed by atoms with Crippen molar-refractivity contribution in [2.24, 2.45) is 0 Å². The van der Waals surface area contributed by atoms with E-state index in [0.29, 0.717) is 11.1 Å². The molecule has 1 aromatic heterocycles. The molecule has 5 nitrogen and oxygen atoms in total. The molecule has 2 aromatic rings. The van der Waals surface area contributed by atoms with Crippen molar-refractivity contribution in [3.8, 4) is 5.75 Å². The number of aromatic nitrogens is 2. The minimum Gasteiger partial charge on any atom is -0.492 e. The van der Waals surface area contributed by atoms with Crippen LogP contribution in [0, 0.1) is 0 Å². The quantitative estimate of drug-likeness (QED) is 0.572. The number of hydrogen-bond donors (Lipinski definition) is 0. The van der Waals surface area contributed by atoms with Gasteiger partial charge in [0, 0.05) is 34.1 Å². The van der Waals surface area contributed by atoms with Gasteiger partial charge in [0.2, 0.25) is 0 Å². The summed E-state index contributed by atoms with van der Waals surface area (Å²) in [6, 6.07) is 4.71. The fourth-order valence-electron chi connectivity index (χ4n) is 1.64. The van der Waals surface area contributed by atoms with Crippen molar-refractivity contribution < 1.29 is 13.2 Å². The molecule has 1 aromatic carbocycles. The van der Waals surface area contributed by atoms with E-state index >= 15 is 0 Å². The van der Waals surface area contributed by atoms with E-state index in [1.54, 1.807) is 24.7 Å². The van der Waals surface area contributed by atoms with Gasteiger partial charge in [-0.25, -0.2) is 13.4 Å². The van der Waals surface area contributed by atoms with Crippen molar-refractivity contribution in [1.82, 2.24) is 9.55 Å². The maximum atomic E-state index is 11.5. The first-order valence-electron chi connectivity index (χ1n) is 5.79. The summed E-state index contributed by atoms with van der Waals surface area (Å²) in [5, 5.41) is 0. The topological polar surface area (TPSA) is 61.2 Å². The van der Waals surface area contributed by atoms with Crippen LogP contribution in [0.5, 0.6) is 5.75 Å². The van der Waals surface area contributed by atoms with Crippen LogP contribution >= 0.6 is 26.6 Å². The lowest BCUT2D eigenvalue weighted by Gasteiger charge is -2.10. The highest BCUT2D eigenvalue weighted by Gasteiger charge is 2.17. The molecule has 0 radical (unpaired) electrons. The third-order valence-corrected chi connectivity index (χ3v) is 4.38. The lowest BCUT2D eigenvalue weighted by atomic mass is 10.3. The number of ether oxygens (including phenoxy) is 1. The molecule has 0 saturated carbocycles. The lowest BCUT2D eigenvalue weighted by molar-refractivity contribution is 0.294. The fraction of sp³-hybridized carbons (Fsp3) is 0.250. The van der Waals surface area contributed by atoms with Gasteiger partial charge in [-0.15, -0.1) is 0 Å². The number of imidazole rings is 1. The van der Waals surface area contributed by atoms with Crippen LogP contribution in [0.15, 0.2) is 46.3 Å². The highest BCUT2D eigenvalue weighted by atomic mass is 79.9. The summed E-state index contributed by atoms with van der Waals surface area (Å²) in [6.45, 7) is 1.14. The Balaban J connectivity index is 1.99. The first-order chi connectivity index (χ1) is 9.47. The second-order valence-corrected chi connectivity index (χ2v) is 7.48. The molecule has 0 amide bonds. The molecule has 2 rings (SSSR count). The molecule has 0 aliphatic rings. The lowest BCUT2D eigenvalue weighted by Crippen LogP contribution is -2.05. The standard InChI is InChI=1S/C12H12BrClN2O3S/c13-10-2-3-11(12(8-10)20(14,17)18)19-7-1-5-16-6-4-15-9-16/h2-4,6,8-9H,1,5,7H2. The Morgan fingerprint density at radius 2 is 2.20 bits per heavy atom. The van der Waals surface area contributed by atoms with Crippen LogP contribution in [-0.4, -0.2) is 24.6 Å². The minimum absolute atomic E-state index is 0.0313. The second-order valence-electron chi connectivity index (χ2n) is 4.03. The number of nitrogens with zero attached hydrogens (tertiary/aromatic N) is 2. The fourth-order valence-corrected chi connectivity index (χ4v) is 3.15. The Hall–Kier alpha value is -1.05. The zero-order valence-corrected chi connectivity index (χ0v) is 13.5. The highest BCUT2D eigenvalue weighted by Crippen LogP contribution is 2.30. The van der Waals surface area contributed by atoms with Crippen LogP contribution in [0.2, 0.25) is 0 Å². The van der Waals surface area contributed by atoms with Gasteiger partial charge >= 0.3 is 0 Å². The molecule has 0 atom stereocenters. The van der Waals surface area contributed by atoms with E-state index in [1.807, 2.05) is 10.8 Å². The number of hydrogen-bond acceptors (Lipinski definition) is 4. The monoisotopic (exact) mass is 378 g/mol. The third-order valence-electron chi connectivity index (χ3n) is 2.55. The van der Waals surface area contributed by atoms with Crippen LogP contribution in [0.4, 0.5) is 0 Å². The van der Waals surface area contributed by atoms with E-state index in [2.05, 4.69) is 20.9 Å². The molecule has 0 N–H and O–H groups in total. The van der Waals surface area contributed by atoms with Crippen LogP contribution in [-0.2, 0) is 15.6 Å². The minimum atomic E-state index is -3.83. The average molecular weight is 380 g/mol. The Morgan fingerprint density at radius 3 is 2.85 bits per heavy atom. The van der Waals surface area contributed by atoms with E-state index in [4.69, 9.17) is 15.4 Å². The molecular formula is C12H12BrClN2O3S. The van der Waals surface area contributed by atoms with Gasteiger partial charge in [-0.05, 0) is 24.6 Å². The van der Waals surface area contributed by atoms with Gasteiger partial charge in [-0.2, -0.15) is 0 Å². The second kappa shape index (κ2) is 6.60. The summed E-state index contributed by atoms with van der Waals surface area (Å²) in [5.41, 5.74) is 0. The van der Waals surface area contributed by atoms with Gasteiger partial charge < -0.3 is 9.30 Å². The molecule has 0 aliphatic carbocycles. The van der Waals surface area contributed by atoms with Gasteiger partial charge in [-0.1, -0.05) is 15.9 Å². The van der Waals surface area contributed by atoms with Crippen molar-refractivity contribution in [2.75, 3.05) is 6.61 Å². The number of rotatable bonds is 6. The van der Waals surface area contributed by atoms with Gasteiger partial charge in [0.25, 0.3) is 9.05 Å². The summed E-state index contributed by atoms with van der Waals surface area (Å²) in [5.74, 6) is 0.258. The van der Waals surface area contributed by atoms with E-state index in [-0.39, 0.29) is 10.6 Å². The first-order valence-corrected chi connectivity index (χ1v) is 8.90. The largest absolute Gasteiger partial charge is 0.492 e. The zero-order valence-electron chi connectivity index (χ0n) is 10.4. The van der Waals surface area contributed by atoms with Crippen LogP contribution in [0.25, 0.3) is 0 Å². The maximum Gasteiger partial charge on any atom is 0.265 e. The van der Waals surface area contributed by atoms with E-state index in [9.17, 15) is 8.42 Å². The first kappa shape index (κ1) is 15.3. The summed E-state index contributed by atoms with van der Waals surface area (Å²) >= 11 is 3.21. The van der Waals surface area contributed by atoms with Gasteiger partial charge in [0.15, 0.2) is 0 Å². The molecule has 0 bridgehead atoms. The van der Waals surface area contributed by atoms with Gasteiger partial charge in [0.1, 0.15) is 10.6 Å². The van der Waals surface area contributed by atoms with Crippen molar-refractivity contribution >= 4 is 35.7 Å². The molecule has 20 heavy (non-hydrogen) atoms. The summed E-state index contributed by atoms with van der Waals surface area (Å²) in [4.78, 5) is 3.90. The van der Waals surface area contributed by atoms with Crippen LogP contribution < -0.4 is 4.74 Å². The Morgan fingerprint density at radius 1 is 1.40 bits per heavy atom. The zero-order chi connectivity index (χ0) is 14.6. The number of benzene rings is 1. The SMILES string of the molecule is O=S(=O)(Cl)c1cc(Br)ccc1OCCCn1ccnc1. The van der Waals surface area contributed by atoms with E-state index < -0.39 is 9.05 Å².